The van der Waals surface area contributed by atoms with E-state index in [0.29, 0.717) is 0 Å². The third kappa shape index (κ3) is 2.85. The molecule has 0 aliphatic carbocycles. The number of rotatable bonds is 4. The lowest BCUT2D eigenvalue weighted by molar-refractivity contribution is 0.279. The van der Waals surface area contributed by atoms with E-state index in [4.69, 9.17) is 4.74 Å². The van der Waals surface area contributed by atoms with Crippen LogP contribution in [0.15, 0.2) is 18.2 Å². The van der Waals surface area contributed by atoms with Crippen LogP contribution in [0.4, 0.5) is 5.69 Å². The van der Waals surface area contributed by atoms with E-state index in [-0.39, 0.29) is 6.61 Å². The Morgan fingerprint density at radius 3 is 2.74 bits per heavy atom. The Kier molecular flexibility index (Phi) is 3.89. The Morgan fingerprint density at radius 1 is 1.11 bits per heavy atom. The number of aliphatic hydroxyl groups excluding tert-OH is 1. The van der Waals surface area contributed by atoms with Gasteiger partial charge < -0.3 is 19.6 Å². The summed E-state index contributed by atoms with van der Waals surface area (Å²) in [5.74, 6) is 0.949. The number of likely N-dealkylation sites (tertiary alicyclic amines) is 1. The van der Waals surface area contributed by atoms with Gasteiger partial charge in [0.2, 0.25) is 0 Å². The van der Waals surface area contributed by atoms with Crippen LogP contribution in [-0.2, 0) is 6.61 Å². The Balaban J connectivity index is 1.69. The van der Waals surface area contributed by atoms with E-state index in [1.165, 1.54) is 25.9 Å². The van der Waals surface area contributed by atoms with Crippen LogP contribution in [0.1, 0.15) is 18.4 Å². The molecular weight excluding hydrogens is 240 g/mol. The second-order valence-corrected chi connectivity index (χ2v) is 5.34. The summed E-state index contributed by atoms with van der Waals surface area (Å²) in [5.41, 5.74) is 2.09. The highest BCUT2D eigenvalue weighted by Gasteiger charge is 2.20. The molecule has 2 aliphatic heterocycles. The zero-order valence-electron chi connectivity index (χ0n) is 11.3. The molecule has 1 N–H and O–H groups in total. The van der Waals surface area contributed by atoms with Crippen molar-refractivity contribution in [1.29, 1.82) is 0 Å². The van der Waals surface area contributed by atoms with Gasteiger partial charge in [-0.25, -0.2) is 0 Å². The van der Waals surface area contributed by atoms with Crippen molar-refractivity contribution in [2.24, 2.45) is 0 Å². The zero-order valence-corrected chi connectivity index (χ0v) is 11.3. The quantitative estimate of drug-likeness (QED) is 0.891. The van der Waals surface area contributed by atoms with Gasteiger partial charge in [-0.1, -0.05) is 6.07 Å². The van der Waals surface area contributed by atoms with Crippen LogP contribution in [0, 0.1) is 0 Å². The highest BCUT2D eigenvalue weighted by atomic mass is 16.5. The van der Waals surface area contributed by atoms with E-state index in [1.807, 2.05) is 12.1 Å². The first kappa shape index (κ1) is 12.8. The average Bonchev–Trinajstić information content (AvgIpc) is 2.97. The summed E-state index contributed by atoms with van der Waals surface area (Å²) in [4.78, 5) is 4.92. The maximum Gasteiger partial charge on any atom is 0.142 e. The standard InChI is InChI=1S/C15H22N2O2/c18-12-13-3-4-15-14(11-13)17(9-10-19-15)8-7-16-5-1-2-6-16/h3-4,11,18H,1-2,5-10,12H2. The number of fused-ring (bicyclic) bond motifs is 1. The van der Waals surface area contributed by atoms with Gasteiger partial charge in [-0.2, -0.15) is 0 Å². The Bertz CT molecular complexity index is 430. The van der Waals surface area contributed by atoms with Gasteiger partial charge in [-0.05, 0) is 43.6 Å². The van der Waals surface area contributed by atoms with E-state index in [9.17, 15) is 5.11 Å². The Morgan fingerprint density at radius 2 is 1.95 bits per heavy atom. The Labute approximate surface area is 114 Å². The molecule has 1 fully saturated rings. The van der Waals surface area contributed by atoms with Crippen molar-refractivity contribution in [1.82, 2.24) is 4.90 Å². The molecule has 4 nitrogen and oxygen atoms in total. The smallest absolute Gasteiger partial charge is 0.142 e. The van der Waals surface area contributed by atoms with Gasteiger partial charge in [0.25, 0.3) is 0 Å². The molecule has 3 rings (SSSR count). The van der Waals surface area contributed by atoms with Crippen molar-refractivity contribution in [2.75, 3.05) is 44.2 Å². The maximum atomic E-state index is 9.26. The molecule has 2 aliphatic rings. The number of ether oxygens (including phenoxy) is 1. The minimum Gasteiger partial charge on any atom is -0.490 e. The van der Waals surface area contributed by atoms with Crippen LogP contribution in [-0.4, -0.2) is 49.3 Å². The predicted octanol–water partition coefficient (Wildman–Crippen LogP) is 1.47. The number of benzene rings is 1. The largest absolute Gasteiger partial charge is 0.490 e. The molecule has 0 radical (unpaired) electrons. The second kappa shape index (κ2) is 5.80. The fourth-order valence-electron chi connectivity index (χ4n) is 2.92. The summed E-state index contributed by atoms with van der Waals surface area (Å²) in [6.45, 7) is 6.45. The van der Waals surface area contributed by atoms with Crippen molar-refractivity contribution < 1.29 is 9.84 Å². The van der Waals surface area contributed by atoms with Gasteiger partial charge in [0.15, 0.2) is 0 Å². The minimum absolute atomic E-state index is 0.0905. The number of hydrogen-bond donors (Lipinski definition) is 1. The number of anilines is 1. The molecule has 0 saturated carbocycles. The van der Waals surface area contributed by atoms with E-state index >= 15 is 0 Å². The number of nitrogens with zero attached hydrogens (tertiary/aromatic N) is 2. The average molecular weight is 262 g/mol. The fourth-order valence-corrected chi connectivity index (χ4v) is 2.92. The number of hydrogen-bond acceptors (Lipinski definition) is 4. The van der Waals surface area contributed by atoms with Crippen molar-refractivity contribution >= 4 is 5.69 Å². The van der Waals surface area contributed by atoms with Gasteiger partial charge in [0.05, 0.1) is 18.8 Å². The minimum atomic E-state index is 0.0905. The van der Waals surface area contributed by atoms with Gasteiger partial charge in [-0.3, -0.25) is 0 Å². The van der Waals surface area contributed by atoms with Crippen molar-refractivity contribution in [3.05, 3.63) is 23.8 Å². The SMILES string of the molecule is OCc1ccc2c(c1)N(CCN1CCCC1)CCO2. The van der Waals surface area contributed by atoms with Crippen LogP contribution in [0.2, 0.25) is 0 Å². The third-order valence-electron chi connectivity index (χ3n) is 4.05. The second-order valence-electron chi connectivity index (χ2n) is 5.34. The number of aliphatic hydroxyl groups is 1. The first-order chi connectivity index (χ1) is 9.36. The first-order valence-corrected chi connectivity index (χ1v) is 7.21. The highest BCUT2D eigenvalue weighted by molar-refractivity contribution is 5.61. The normalized spacial score (nSPS) is 19.3. The summed E-state index contributed by atoms with van der Waals surface area (Å²) in [5, 5.41) is 9.26. The molecule has 1 aromatic rings. The lowest BCUT2D eigenvalue weighted by Gasteiger charge is -2.32. The first-order valence-electron chi connectivity index (χ1n) is 7.21. The molecule has 1 saturated heterocycles. The molecule has 104 valence electrons. The zero-order chi connectivity index (χ0) is 13.1. The van der Waals surface area contributed by atoms with Gasteiger partial charge in [0, 0.05) is 13.1 Å². The van der Waals surface area contributed by atoms with Gasteiger partial charge in [-0.15, -0.1) is 0 Å². The van der Waals surface area contributed by atoms with Gasteiger partial charge in [0.1, 0.15) is 12.4 Å². The topological polar surface area (TPSA) is 35.9 Å². The summed E-state index contributed by atoms with van der Waals surface area (Å²) < 4.78 is 5.69. The monoisotopic (exact) mass is 262 g/mol. The van der Waals surface area contributed by atoms with Crippen LogP contribution < -0.4 is 9.64 Å². The molecule has 0 atom stereocenters. The summed E-state index contributed by atoms with van der Waals surface area (Å²) in [7, 11) is 0. The fraction of sp³-hybridized carbons (Fsp3) is 0.600. The highest BCUT2D eigenvalue weighted by Crippen LogP contribution is 2.32. The van der Waals surface area contributed by atoms with E-state index in [2.05, 4.69) is 15.9 Å². The Hall–Kier alpha value is -1.26. The predicted molar refractivity (Wildman–Crippen MR) is 75.7 cm³/mol. The van der Waals surface area contributed by atoms with E-state index in [1.54, 1.807) is 0 Å². The van der Waals surface area contributed by atoms with Crippen molar-refractivity contribution in [3.8, 4) is 5.75 Å². The molecular formula is C15H22N2O2. The van der Waals surface area contributed by atoms with Crippen LogP contribution in [0.3, 0.4) is 0 Å². The van der Waals surface area contributed by atoms with Crippen molar-refractivity contribution in [2.45, 2.75) is 19.4 Å². The molecule has 0 amide bonds. The summed E-state index contributed by atoms with van der Waals surface area (Å²) >= 11 is 0. The summed E-state index contributed by atoms with van der Waals surface area (Å²) in [6.07, 6.45) is 2.68. The molecule has 4 heteroatoms. The molecule has 2 heterocycles. The van der Waals surface area contributed by atoms with E-state index in [0.717, 1.165) is 43.2 Å². The van der Waals surface area contributed by atoms with Gasteiger partial charge >= 0.3 is 0 Å². The molecule has 19 heavy (non-hydrogen) atoms. The third-order valence-corrected chi connectivity index (χ3v) is 4.05. The van der Waals surface area contributed by atoms with Crippen molar-refractivity contribution in [3.63, 3.8) is 0 Å². The van der Waals surface area contributed by atoms with E-state index < -0.39 is 0 Å². The lowest BCUT2D eigenvalue weighted by Crippen LogP contribution is -2.38. The molecule has 1 aromatic carbocycles. The molecule has 0 spiro atoms. The lowest BCUT2D eigenvalue weighted by atomic mass is 10.1. The van der Waals surface area contributed by atoms with Crippen LogP contribution in [0.5, 0.6) is 5.75 Å². The van der Waals surface area contributed by atoms with Crippen LogP contribution >= 0.6 is 0 Å². The molecule has 0 bridgehead atoms. The maximum absolute atomic E-state index is 9.26. The summed E-state index contributed by atoms with van der Waals surface area (Å²) in [6, 6.07) is 5.96. The molecule has 0 aromatic heterocycles. The van der Waals surface area contributed by atoms with Crippen LogP contribution in [0.25, 0.3) is 0 Å². The molecule has 0 unspecified atom stereocenters.